The Morgan fingerprint density at radius 1 is 1.80 bits per heavy atom. The van der Waals surface area contributed by atoms with E-state index >= 15 is 0 Å². The minimum atomic E-state index is 0.563. The molecular formula is C7H9NO2. The van der Waals surface area contributed by atoms with Gasteiger partial charge in [-0.1, -0.05) is 0 Å². The number of rotatable bonds is 3. The maximum Gasteiger partial charge on any atom is 0.221 e. The molecule has 0 aliphatic carbocycles. The Balaban J connectivity index is 2.40. The van der Waals surface area contributed by atoms with Crippen molar-refractivity contribution in [3.05, 3.63) is 24.6 Å². The monoisotopic (exact) mass is 139 g/mol. The molecule has 0 radical (unpaired) electrons. The third kappa shape index (κ3) is 1.93. The third-order valence-corrected chi connectivity index (χ3v) is 0.925. The van der Waals surface area contributed by atoms with Crippen LogP contribution in [0.25, 0.3) is 6.08 Å². The molecule has 0 aliphatic heterocycles. The molecule has 0 N–H and O–H groups in total. The molecule has 0 saturated carbocycles. The first kappa shape index (κ1) is 6.86. The van der Waals surface area contributed by atoms with Crippen molar-refractivity contribution >= 4 is 6.08 Å². The van der Waals surface area contributed by atoms with Crippen LogP contribution >= 0.6 is 0 Å². The summed E-state index contributed by atoms with van der Waals surface area (Å²) in [5.74, 6) is 0.563. The molecule has 3 nitrogen and oxygen atoms in total. The van der Waals surface area contributed by atoms with Crippen molar-refractivity contribution in [2.24, 2.45) is 0 Å². The van der Waals surface area contributed by atoms with E-state index < -0.39 is 0 Å². The summed E-state index contributed by atoms with van der Waals surface area (Å²) in [7, 11) is 0. The summed E-state index contributed by atoms with van der Waals surface area (Å²) >= 11 is 0. The van der Waals surface area contributed by atoms with E-state index in [1.54, 1.807) is 18.5 Å². The van der Waals surface area contributed by atoms with E-state index in [4.69, 9.17) is 9.15 Å². The van der Waals surface area contributed by atoms with Crippen molar-refractivity contribution in [3.8, 4) is 0 Å². The number of oxazole rings is 1. The molecule has 0 atom stereocenters. The Bertz CT molecular complexity index is 191. The number of aromatic nitrogens is 1. The molecule has 0 fully saturated rings. The predicted molar refractivity (Wildman–Crippen MR) is 37.2 cm³/mol. The van der Waals surface area contributed by atoms with E-state index in [0.717, 1.165) is 0 Å². The summed E-state index contributed by atoms with van der Waals surface area (Å²) in [6.07, 6.45) is 6.34. The molecule has 10 heavy (non-hydrogen) atoms. The lowest BCUT2D eigenvalue weighted by molar-refractivity contribution is 0.271. The van der Waals surface area contributed by atoms with Crippen LogP contribution in [0.2, 0.25) is 0 Å². The van der Waals surface area contributed by atoms with E-state index in [-0.39, 0.29) is 0 Å². The Morgan fingerprint density at radius 2 is 2.70 bits per heavy atom. The van der Waals surface area contributed by atoms with Gasteiger partial charge in [0.25, 0.3) is 0 Å². The molecule has 1 rings (SSSR count). The highest BCUT2D eigenvalue weighted by Gasteiger charge is 1.86. The molecule has 0 amide bonds. The van der Waals surface area contributed by atoms with Crippen LogP contribution in [0.15, 0.2) is 23.1 Å². The van der Waals surface area contributed by atoms with Gasteiger partial charge in [0.05, 0.1) is 19.1 Å². The van der Waals surface area contributed by atoms with Crippen molar-refractivity contribution in [2.75, 3.05) is 6.61 Å². The maximum absolute atomic E-state index is 4.93. The van der Waals surface area contributed by atoms with Crippen LogP contribution in [0.3, 0.4) is 0 Å². The molecule has 0 spiro atoms. The first-order valence-corrected chi connectivity index (χ1v) is 3.11. The number of hydrogen-bond acceptors (Lipinski definition) is 3. The van der Waals surface area contributed by atoms with Crippen LogP contribution in [0.5, 0.6) is 0 Å². The molecule has 3 heteroatoms. The largest absolute Gasteiger partial charge is 0.501 e. The van der Waals surface area contributed by atoms with Crippen LogP contribution in [0, 0.1) is 0 Å². The van der Waals surface area contributed by atoms with Gasteiger partial charge in [-0.25, -0.2) is 4.98 Å². The summed E-state index contributed by atoms with van der Waals surface area (Å²) < 4.78 is 9.83. The summed E-state index contributed by atoms with van der Waals surface area (Å²) in [4.78, 5) is 3.85. The minimum Gasteiger partial charge on any atom is -0.501 e. The molecule has 1 heterocycles. The van der Waals surface area contributed by atoms with Crippen LogP contribution in [-0.2, 0) is 4.74 Å². The second kappa shape index (κ2) is 3.71. The first-order chi connectivity index (χ1) is 4.93. The van der Waals surface area contributed by atoms with Gasteiger partial charge in [0.15, 0.2) is 0 Å². The van der Waals surface area contributed by atoms with Crippen LogP contribution in [0.1, 0.15) is 12.8 Å². The molecule has 0 aromatic carbocycles. The molecule has 0 bridgehead atoms. The standard InChI is InChI=1S/C7H9NO2/c1-2-9-5-3-7-8-4-6-10-7/h3-6H,2H2,1H3/b5-3+. The topological polar surface area (TPSA) is 35.3 Å². The first-order valence-electron chi connectivity index (χ1n) is 3.11. The number of nitrogens with zero attached hydrogens (tertiary/aromatic N) is 1. The van der Waals surface area contributed by atoms with Gasteiger partial charge in [-0.3, -0.25) is 0 Å². The second-order valence-electron chi connectivity index (χ2n) is 1.63. The Kier molecular flexibility index (Phi) is 2.55. The molecule has 0 saturated heterocycles. The Labute approximate surface area is 59.3 Å². The van der Waals surface area contributed by atoms with E-state index in [1.165, 1.54) is 6.26 Å². The van der Waals surface area contributed by atoms with Crippen molar-refractivity contribution < 1.29 is 9.15 Å². The lowest BCUT2D eigenvalue weighted by Crippen LogP contribution is -1.76. The lowest BCUT2D eigenvalue weighted by Gasteiger charge is -1.88. The zero-order valence-electron chi connectivity index (χ0n) is 5.78. The van der Waals surface area contributed by atoms with Gasteiger partial charge in [0, 0.05) is 6.08 Å². The third-order valence-electron chi connectivity index (χ3n) is 0.925. The number of ether oxygens (including phenoxy) is 1. The Hall–Kier alpha value is -1.25. The van der Waals surface area contributed by atoms with Gasteiger partial charge in [0.2, 0.25) is 5.89 Å². The van der Waals surface area contributed by atoms with E-state index in [9.17, 15) is 0 Å². The summed E-state index contributed by atoms with van der Waals surface area (Å²) in [6, 6.07) is 0. The highest BCUT2D eigenvalue weighted by Crippen LogP contribution is 1.96. The summed E-state index contributed by atoms with van der Waals surface area (Å²) in [6.45, 7) is 2.58. The van der Waals surface area contributed by atoms with Gasteiger partial charge in [-0.15, -0.1) is 0 Å². The molecule has 0 unspecified atom stereocenters. The molecule has 0 aliphatic rings. The fraction of sp³-hybridized carbons (Fsp3) is 0.286. The number of hydrogen-bond donors (Lipinski definition) is 0. The van der Waals surface area contributed by atoms with Gasteiger partial charge < -0.3 is 9.15 Å². The van der Waals surface area contributed by atoms with E-state index in [1.807, 2.05) is 6.92 Å². The zero-order valence-corrected chi connectivity index (χ0v) is 5.78. The average Bonchev–Trinajstić information content (AvgIpc) is 2.41. The molecule has 1 aromatic rings. The zero-order chi connectivity index (χ0) is 7.23. The summed E-state index contributed by atoms with van der Waals surface area (Å²) in [5.41, 5.74) is 0. The van der Waals surface area contributed by atoms with Crippen molar-refractivity contribution in [3.63, 3.8) is 0 Å². The van der Waals surface area contributed by atoms with Crippen molar-refractivity contribution in [2.45, 2.75) is 6.92 Å². The average molecular weight is 139 g/mol. The Morgan fingerprint density at radius 3 is 3.30 bits per heavy atom. The van der Waals surface area contributed by atoms with Gasteiger partial charge >= 0.3 is 0 Å². The van der Waals surface area contributed by atoms with Gasteiger partial charge in [0.1, 0.15) is 6.26 Å². The van der Waals surface area contributed by atoms with E-state index in [0.29, 0.717) is 12.5 Å². The molecule has 1 aromatic heterocycles. The summed E-state index contributed by atoms with van der Waals surface area (Å²) in [5, 5.41) is 0. The predicted octanol–water partition coefficient (Wildman–Crippen LogP) is 1.68. The smallest absolute Gasteiger partial charge is 0.221 e. The normalized spacial score (nSPS) is 10.5. The van der Waals surface area contributed by atoms with Crippen LogP contribution in [0.4, 0.5) is 0 Å². The van der Waals surface area contributed by atoms with Gasteiger partial charge in [-0.05, 0) is 6.92 Å². The van der Waals surface area contributed by atoms with Gasteiger partial charge in [-0.2, -0.15) is 0 Å². The maximum atomic E-state index is 4.93. The lowest BCUT2D eigenvalue weighted by atomic mass is 10.6. The highest BCUT2D eigenvalue weighted by molar-refractivity contribution is 5.34. The van der Waals surface area contributed by atoms with Crippen molar-refractivity contribution in [1.82, 2.24) is 4.98 Å². The van der Waals surface area contributed by atoms with E-state index in [2.05, 4.69) is 4.98 Å². The molecular weight excluding hydrogens is 130 g/mol. The SMILES string of the molecule is CCO/C=C/c1ncco1. The minimum absolute atomic E-state index is 0.563. The van der Waals surface area contributed by atoms with Crippen LogP contribution < -0.4 is 0 Å². The van der Waals surface area contributed by atoms with Crippen LogP contribution in [-0.4, -0.2) is 11.6 Å². The van der Waals surface area contributed by atoms with Crippen molar-refractivity contribution in [1.29, 1.82) is 0 Å². The highest BCUT2D eigenvalue weighted by atomic mass is 16.5. The quantitative estimate of drug-likeness (QED) is 0.597. The fourth-order valence-electron chi connectivity index (χ4n) is 0.519. The fourth-order valence-corrected chi connectivity index (χ4v) is 0.519. The molecule has 54 valence electrons. The second-order valence-corrected chi connectivity index (χ2v) is 1.63.